The van der Waals surface area contributed by atoms with E-state index in [-0.39, 0.29) is 0 Å². The first kappa shape index (κ1) is 14.9. The minimum atomic E-state index is -0.919. The predicted octanol–water partition coefficient (Wildman–Crippen LogP) is 2.60. The Morgan fingerprint density at radius 3 is 1.50 bits per heavy atom. The number of benzene rings is 2. The van der Waals surface area contributed by atoms with E-state index >= 15 is 0 Å². The summed E-state index contributed by atoms with van der Waals surface area (Å²) in [6.45, 7) is 0. The van der Waals surface area contributed by atoms with E-state index in [2.05, 4.69) is 0 Å². The first-order chi connectivity index (χ1) is 9.43. The molecule has 0 radical (unpaired) electrons. The lowest BCUT2D eigenvalue weighted by Crippen LogP contribution is -1.93. The van der Waals surface area contributed by atoms with Crippen molar-refractivity contribution >= 4 is 11.4 Å². The second-order valence-electron chi connectivity index (χ2n) is 3.49. The van der Waals surface area contributed by atoms with E-state index in [1.165, 1.54) is 0 Å². The Balaban J connectivity index is 0.000000240. The zero-order valence-electron chi connectivity index (χ0n) is 10.0. The highest BCUT2D eigenvalue weighted by atomic mass is 16.6. The first-order valence-corrected chi connectivity index (χ1v) is 5.28. The highest BCUT2D eigenvalue weighted by Gasteiger charge is 2.23. The van der Waals surface area contributed by atoms with E-state index < -0.39 is 27.0 Å². The van der Waals surface area contributed by atoms with Crippen LogP contribution in [0.15, 0.2) is 48.5 Å². The standard InChI is InChI=1S/C6H4N2O5.C6H6O/c9-6-4(7(10)11)2-1-3-5(6)8(12)13;7-6-4-2-1-3-5-6/h1-3,9H;1-5,7H. The third kappa shape index (κ3) is 3.95. The van der Waals surface area contributed by atoms with E-state index in [1.807, 2.05) is 6.07 Å². The summed E-state index contributed by atoms with van der Waals surface area (Å²) >= 11 is 0. The first-order valence-electron chi connectivity index (χ1n) is 5.28. The molecule has 2 aromatic rings. The number of nitro benzene ring substituents is 2. The topological polar surface area (TPSA) is 127 Å². The number of hydrogen-bond acceptors (Lipinski definition) is 6. The van der Waals surface area contributed by atoms with E-state index in [0.29, 0.717) is 5.75 Å². The maximum Gasteiger partial charge on any atom is 0.318 e. The largest absolute Gasteiger partial charge is 0.508 e. The second kappa shape index (κ2) is 6.69. The molecule has 0 heterocycles. The molecule has 2 N–H and O–H groups in total. The lowest BCUT2D eigenvalue weighted by atomic mass is 10.2. The molecular weight excluding hydrogens is 268 g/mol. The molecule has 0 bridgehead atoms. The Labute approximate surface area is 112 Å². The van der Waals surface area contributed by atoms with Crippen molar-refractivity contribution in [1.82, 2.24) is 0 Å². The van der Waals surface area contributed by atoms with E-state index in [1.54, 1.807) is 24.3 Å². The van der Waals surface area contributed by atoms with Gasteiger partial charge in [-0.1, -0.05) is 18.2 Å². The van der Waals surface area contributed by atoms with Crippen LogP contribution in [0, 0.1) is 20.2 Å². The number of rotatable bonds is 2. The number of nitro groups is 2. The summed E-state index contributed by atoms with van der Waals surface area (Å²) in [4.78, 5) is 18.7. The lowest BCUT2D eigenvalue weighted by Gasteiger charge is -1.95. The molecule has 8 nitrogen and oxygen atoms in total. The molecule has 0 aromatic heterocycles. The Morgan fingerprint density at radius 2 is 1.20 bits per heavy atom. The Kier molecular flexibility index (Phi) is 4.98. The molecule has 20 heavy (non-hydrogen) atoms. The van der Waals surface area contributed by atoms with Crippen molar-refractivity contribution in [3.63, 3.8) is 0 Å². The molecule has 2 rings (SSSR count). The molecule has 0 aliphatic carbocycles. The minimum Gasteiger partial charge on any atom is -0.508 e. The normalized spacial score (nSPS) is 9.20. The highest BCUT2D eigenvalue weighted by molar-refractivity contribution is 5.58. The lowest BCUT2D eigenvalue weighted by molar-refractivity contribution is -0.396. The average molecular weight is 278 g/mol. The van der Waals surface area contributed by atoms with Gasteiger partial charge >= 0.3 is 11.4 Å². The molecule has 0 saturated carbocycles. The molecule has 0 fully saturated rings. The van der Waals surface area contributed by atoms with E-state index in [0.717, 1.165) is 18.2 Å². The Hall–Kier alpha value is -3.16. The van der Waals surface area contributed by atoms with Gasteiger partial charge in [0.25, 0.3) is 5.75 Å². The molecule has 0 aliphatic heterocycles. The van der Waals surface area contributed by atoms with Crippen molar-refractivity contribution in [2.75, 3.05) is 0 Å². The molecule has 0 saturated heterocycles. The Bertz CT molecular complexity index is 582. The summed E-state index contributed by atoms with van der Waals surface area (Å²) in [5, 5.41) is 38.1. The number of phenolic OH excluding ortho intramolecular Hbond substituents is 2. The van der Waals surface area contributed by atoms with Gasteiger partial charge < -0.3 is 10.2 Å². The van der Waals surface area contributed by atoms with Crippen LogP contribution in [0.25, 0.3) is 0 Å². The van der Waals surface area contributed by atoms with Crippen LogP contribution < -0.4 is 0 Å². The Morgan fingerprint density at radius 1 is 0.750 bits per heavy atom. The van der Waals surface area contributed by atoms with Gasteiger partial charge in [0.1, 0.15) is 5.75 Å². The van der Waals surface area contributed by atoms with Crippen molar-refractivity contribution in [3.8, 4) is 11.5 Å². The van der Waals surface area contributed by atoms with Crippen LogP contribution in [0.5, 0.6) is 11.5 Å². The van der Waals surface area contributed by atoms with Gasteiger partial charge in [0.05, 0.1) is 9.85 Å². The molecule has 2 aromatic carbocycles. The van der Waals surface area contributed by atoms with Crippen molar-refractivity contribution in [3.05, 3.63) is 68.8 Å². The summed E-state index contributed by atoms with van der Waals surface area (Å²) in [5.74, 6) is -0.597. The predicted molar refractivity (Wildman–Crippen MR) is 69.5 cm³/mol. The zero-order valence-corrected chi connectivity index (χ0v) is 10.0. The van der Waals surface area contributed by atoms with Gasteiger partial charge in [0.15, 0.2) is 0 Å². The highest BCUT2D eigenvalue weighted by Crippen LogP contribution is 2.34. The maximum atomic E-state index is 10.2. The number of nitrogens with zero attached hydrogens (tertiary/aromatic N) is 2. The number of phenols is 2. The van der Waals surface area contributed by atoms with Crippen LogP contribution in [0.2, 0.25) is 0 Å². The summed E-state index contributed by atoms with van der Waals surface area (Å²) in [7, 11) is 0. The number of para-hydroxylation sites is 2. The summed E-state index contributed by atoms with van der Waals surface area (Å²) in [5.41, 5.74) is -1.34. The maximum absolute atomic E-state index is 10.2. The van der Waals surface area contributed by atoms with Crippen LogP contribution in [0.4, 0.5) is 11.4 Å². The quantitative estimate of drug-likeness (QED) is 0.642. The fourth-order valence-electron chi connectivity index (χ4n) is 1.24. The minimum absolute atomic E-state index is 0.322. The van der Waals surface area contributed by atoms with Gasteiger partial charge in [-0.25, -0.2) is 0 Å². The fraction of sp³-hybridized carbons (Fsp3) is 0. The summed E-state index contributed by atoms with van der Waals surface area (Å²) in [6.07, 6.45) is 0. The van der Waals surface area contributed by atoms with Crippen LogP contribution in [0.1, 0.15) is 0 Å². The van der Waals surface area contributed by atoms with Crippen molar-refractivity contribution < 1.29 is 20.1 Å². The molecule has 0 amide bonds. The summed E-state index contributed by atoms with van der Waals surface area (Å²) in [6, 6.07) is 11.8. The van der Waals surface area contributed by atoms with Crippen LogP contribution >= 0.6 is 0 Å². The third-order valence-electron chi connectivity index (χ3n) is 2.14. The molecule has 0 unspecified atom stereocenters. The average Bonchev–Trinajstić information content (AvgIpc) is 2.40. The van der Waals surface area contributed by atoms with Gasteiger partial charge in [0, 0.05) is 12.1 Å². The molecule has 8 heteroatoms. The van der Waals surface area contributed by atoms with Gasteiger partial charge in [-0.2, -0.15) is 0 Å². The van der Waals surface area contributed by atoms with Crippen molar-refractivity contribution in [2.24, 2.45) is 0 Å². The van der Waals surface area contributed by atoms with E-state index in [9.17, 15) is 20.2 Å². The van der Waals surface area contributed by atoms with Crippen molar-refractivity contribution in [1.29, 1.82) is 0 Å². The van der Waals surface area contributed by atoms with E-state index in [4.69, 9.17) is 10.2 Å². The second-order valence-corrected chi connectivity index (χ2v) is 3.49. The van der Waals surface area contributed by atoms with Crippen molar-refractivity contribution in [2.45, 2.75) is 0 Å². The molecular formula is C12H10N2O6. The van der Waals surface area contributed by atoms with Gasteiger partial charge in [0.2, 0.25) is 0 Å². The van der Waals surface area contributed by atoms with Gasteiger partial charge in [-0.3, -0.25) is 20.2 Å². The molecule has 104 valence electrons. The SMILES string of the molecule is O=[N+]([O-])c1cccc([N+](=O)[O-])c1O.Oc1ccccc1. The summed E-state index contributed by atoms with van der Waals surface area (Å²) < 4.78 is 0. The molecule has 0 atom stereocenters. The fourth-order valence-corrected chi connectivity index (χ4v) is 1.24. The number of aromatic hydroxyl groups is 2. The van der Waals surface area contributed by atoms with Gasteiger partial charge in [-0.15, -0.1) is 0 Å². The monoisotopic (exact) mass is 278 g/mol. The third-order valence-corrected chi connectivity index (χ3v) is 2.14. The zero-order chi connectivity index (χ0) is 15.1. The van der Waals surface area contributed by atoms with Crippen LogP contribution in [-0.4, -0.2) is 20.1 Å². The molecule has 0 spiro atoms. The number of hydrogen-bond donors (Lipinski definition) is 2. The van der Waals surface area contributed by atoms with Gasteiger partial charge in [-0.05, 0) is 18.2 Å². The van der Waals surface area contributed by atoms with Crippen LogP contribution in [-0.2, 0) is 0 Å². The smallest absolute Gasteiger partial charge is 0.318 e. The molecule has 0 aliphatic rings. The van der Waals surface area contributed by atoms with Crippen LogP contribution in [0.3, 0.4) is 0 Å².